The Balaban J connectivity index is 1.56. The van der Waals surface area contributed by atoms with Gasteiger partial charge in [-0.15, -0.1) is 0 Å². The van der Waals surface area contributed by atoms with Crippen LogP contribution in [0.3, 0.4) is 0 Å². The molecule has 1 atom stereocenters. The minimum atomic E-state index is -0.760. The van der Waals surface area contributed by atoms with Gasteiger partial charge in [-0.05, 0) is 48.0 Å². The molecule has 6 rings (SSSR count). The van der Waals surface area contributed by atoms with Crippen LogP contribution in [-0.4, -0.2) is 20.2 Å². The Morgan fingerprint density at radius 2 is 1.66 bits per heavy atom. The first-order valence-electron chi connectivity index (χ1n) is 11.6. The van der Waals surface area contributed by atoms with Crippen molar-refractivity contribution in [3.63, 3.8) is 0 Å². The largest absolute Gasteiger partial charge is 0.493 e. The summed E-state index contributed by atoms with van der Waals surface area (Å²) >= 11 is 6.11. The third kappa shape index (κ3) is 3.72. The van der Waals surface area contributed by atoms with Gasteiger partial charge in [0.2, 0.25) is 5.43 Å². The number of esters is 1. The van der Waals surface area contributed by atoms with Crippen molar-refractivity contribution in [3.05, 3.63) is 97.7 Å². The zero-order chi connectivity index (χ0) is 26.6. The Bertz CT molecular complexity index is 1880. The summed E-state index contributed by atoms with van der Waals surface area (Å²) in [5, 5.41) is 0.935. The summed E-state index contributed by atoms with van der Waals surface area (Å²) in [6.45, 7) is 0. The summed E-state index contributed by atoms with van der Waals surface area (Å²) in [6.07, 6.45) is 2.55. The predicted molar refractivity (Wildman–Crippen MR) is 141 cm³/mol. The summed E-state index contributed by atoms with van der Waals surface area (Å²) < 4.78 is 27.9. The molecule has 0 saturated heterocycles. The fourth-order valence-electron chi connectivity index (χ4n) is 4.88. The van der Waals surface area contributed by atoms with Gasteiger partial charge in [0.1, 0.15) is 23.2 Å². The predicted octanol–water partition coefficient (Wildman–Crippen LogP) is 5.68. The highest BCUT2D eigenvalue weighted by Gasteiger charge is 2.34. The van der Waals surface area contributed by atoms with Crippen molar-refractivity contribution >= 4 is 39.5 Å². The third-order valence-corrected chi connectivity index (χ3v) is 6.95. The van der Waals surface area contributed by atoms with Crippen molar-refractivity contribution in [2.24, 2.45) is 0 Å². The highest BCUT2D eigenvalue weighted by molar-refractivity contribution is 6.31. The average molecular weight is 531 g/mol. The first-order valence-corrected chi connectivity index (χ1v) is 12.0. The fourth-order valence-corrected chi connectivity index (χ4v) is 5.05. The van der Waals surface area contributed by atoms with Crippen LogP contribution in [0.25, 0.3) is 33.1 Å². The number of fused-ring (bicyclic) bond motifs is 4. The molecule has 3 aromatic carbocycles. The first-order chi connectivity index (χ1) is 18.4. The lowest BCUT2D eigenvalue weighted by Crippen LogP contribution is -2.25. The molecule has 38 heavy (non-hydrogen) atoms. The van der Waals surface area contributed by atoms with E-state index in [4.69, 9.17) is 34.6 Å². The lowest BCUT2D eigenvalue weighted by atomic mass is 9.85. The Kier molecular flexibility index (Phi) is 5.69. The number of rotatable bonds is 4. The molecule has 1 aliphatic rings. The highest BCUT2D eigenvalue weighted by Crippen LogP contribution is 2.42. The van der Waals surface area contributed by atoms with E-state index in [0.717, 1.165) is 0 Å². The Morgan fingerprint density at radius 1 is 0.842 bits per heavy atom. The molecule has 0 radical (unpaired) electrons. The molecule has 9 heteroatoms. The minimum absolute atomic E-state index is 0.135. The van der Waals surface area contributed by atoms with Crippen molar-refractivity contribution in [2.75, 3.05) is 14.2 Å². The molecule has 8 nitrogen and oxygen atoms in total. The summed E-state index contributed by atoms with van der Waals surface area (Å²) in [4.78, 5) is 39.6. The maximum atomic E-state index is 13.6. The van der Waals surface area contributed by atoms with Gasteiger partial charge in [0.25, 0.3) is 0 Å². The average Bonchev–Trinajstić information content (AvgIpc) is 2.92. The van der Waals surface area contributed by atoms with Gasteiger partial charge >= 0.3 is 5.97 Å². The molecule has 0 amide bonds. The summed E-state index contributed by atoms with van der Waals surface area (Å²) in [5.41, 5.74) is 1.50. The van der Waals surface area contributed by atoms with Gasteiger partial charge < -0.3 is 23.0 Å². The van der Waals surface area contributed by atoms with E-state index in [1.807, 2.05) is 0 Å². The number of carbonyl (C=O) groups is 1. The lowest BCUT2D eigenvalue weighted by molar-refractivity contribution is -0.135. The van der Waals surface area contributed by atoms with Crippen LogP contribution >= 0.6 is 11.6 Å². The monoisotopic (exact) mass is 530 g/mol. The molecule has 2 aromatic heterocycles. The molecule has 0 saturated carbocycles. The van der Waals surface area contributed by atoms with E-state index in [1.54, 1.807) is 36.4 Å². The second kappa shape index (κ2) is 9.08. The fraction of sp³-hybridized carbons (Fsp3) is 0.138. The van der Waals surface area contributed by atoms with E-state index in [2.05, 4.69) is 0 Å². The molecular weight excluding hydrogens is 512 g/mol. The van der Waals surface area contributed by atoms with Crippen LogP contribution < -0.4 is 25.1 Å². The van der Waals surface area contributed by atoms with Gasteiger partial charge in [-0.3, -0.25) is 14.4 Å². The molecule has 0 fully saturated rings. The number of halogens is 1. The third-order valence-electron chi connectivity index (χ3n) is 6.71. The quantitative estimate of drug-likeness (QED) is 0.216. The highest BCUT2D eigenvalue weighted by atomic mass is 35.5. The molecule has 0 aliphatic carbocycles. The molecular formula is C29H19ClO8. The number of hydrogen-bond acceptors (Lipinski definition) is 8. The van der Waals surface area contributed by atoms with E-state index < -0.39 is 11.9 Å². The molecule has 3 heterocycles. The summed E-state index contributed by atoms with van der Waals surface area (Å²) in [7, 11) is 3.04. The number of carbonyl (C=O) groups excluding carboxylic acids is 1. The van der Waals surface area contributed by atoms with Crippen LogP contribution in [0.15, 0.2) is 79.5 Å². The van der Waals surface area contributed by atoms with Crippen LogP contribution in [0.4, 0.5) is 0 Å². The second-order valence-electron chi connectivity index (χ2n) is 8.79. The van der Waals surface area contributed by atoms with Crippen molar-refractivity contribution in [3.8, 4) is 28.4 Å². The van der Waals surface area contributed by atoms with Crippen LogP contribution in [0.5, 0.6) is 17.2 Å². The van der Waals surface area contributed by atoms with Crippen molar-refractivity contribution in [1.82, 2.24) is 0 Å². The van der Waals surface area contributed by atoms with Gasteiger partial charge in [0.15, 0.2) is 16.9 Å². The molecule has 1 unspecified atom stereocenters. The van der Waals surface area contributed by atoms with Gasteiger partial charge in [-0.25, -0.2) is 0 Å². The molecule has 1 aliphatic heterocycles. The smallest absolute Gasteiger partial charge is 0.312 e. The zero-order valence-electron chi connectivity index (χ0n) is 20.2. The van der Waals surface area contributed by atoms with E-state index in [9.17, 15) is 14.4 Å². The lowest BCUT2D eigenvalue weighted by Gasteiger charge is -2.25. The second-order valence-corrected chi connectivity index (χ2v) is 9.23. The summed E-state index contributed by atoms with van der Waals surface area (Å²) in [5.74, 6) is -0.0755. The van der Waals surface area contributed by atoms with Gasteiger partial charge in [0.05, 0.1) is 43.2 Å². The van der Waals surface area contributed by atoms with E-state index >= 15 is 0 Å². The number of hydrogen-bond donors (Lipinski definition) is 0. The Hall–Kier alpha value is -4.56. The van der Waals surface area contributed by atoms with E-state index in [-0.39, 0.29) is 44.9 Å². The Labute approximate surface area is 219 Å². The number of methoxy groups -OCH3 is 2. The van der Waals surface area contributed by atoms with Gasteiger partial charge in [-0.2, -0.15) is 0 Å². The van der Waals surface area contributed by atoms with Crippen molar-refractivity contribution in [1.29, 1.82) is 0 Å². The molecule has 0 bridgehead atoms. The normalized spacial score (nSPS) is 14.8. The van der Waals surface area contributed by atoms with Crippen molar-refractivity contribution in [2.45, 2.75) is 12.3 Å². The van der Waals surface area contributed by atoms with Gasteiger partial charge in [-0.1, -0.05) is 17.7 Å². The number of ether oxygens (including phenoxy) is 3. The van der Waals surface area contributed by atoms with E-state index in [1.165, 1.54) is 38.9 Å². The van der Waals surface area contributed by atoms with Crippen LogP contribution in [0.2, 0.25) is 5.02 Å². The van der Waals surface area contributed by atoms with Crippen LogP contribution in [0, 0.1) is 0 Å². The zero-order valence-corrected chi connectivity index (χ0v) is 21.0. The molecule has 190 valence electrons. The van der Waals surface area contributed by atoms with Crippen LogP contribution in [-0.2, 0) is 4.79 Å². The maximum Gasteiger partial charge on any atom is 0.312 e. The topological polar surface area (TPSA) is 105 Å². The summed E-state index contributed by atoms with van der Waals surface area (Å²) in [6, 6.07) is 12.9. The first kappa shape index (κ1) is 23.8. The van der Waals surface area contributed by atoms with Gasteiger partial charge in [0, 0.05) is 22.1 Å². The van der Waals surface area contributed by atoms with E-state index in [0.29, 0.717) is 38.8 Å². The number of benzene rings is 3. The minimum Gasteiger partial charge on any atom is -0.493 e. The Morgan fingerprint density at radius 3 is 2.45 bits per heavy atom. The molecule has 0 N–H and O–H groups in total. The van der Waals surface area contributed by atoms with Crippen molar-refractivity contribution < 1.29 is 27.8 Å². The molecule has 0 spiro atoms. The maximum absolute atomic E-state index is 13.6. The van der Waals surface area contributed by atoms with Crippen LogP contribution in [0.1, 0.15) is 23.5 Å². The standard InChI is InChI=1S/C29H19ClO8/c1-34-22-6-3-14(9-24(22)35-2)19-12-37-29-16(27(19)32)5-8-23-26(29)17(11-25(31)38-23)20-13-36-21-7-4-15(30)10-18(21)28(20)33/h3-10,12-13,17H,11H2,1-2H3. The SMILES string of the molecule is COc1ccc(-c2coc3c4c(ccc3c2=O)OC(=O)CC4c2coc3ccc(Cl)cc3c2=O)cc1OC. The molecule has 5 aromatic rings.